The van der Waals surface area contributed by atoms with Gasteiger partial charge in [-0.3, -0.25) is 0 Å². The summed E-state index contributed by atoms with van der Waals surface area (Å²) >= 11 is 0. The lowest BCUT2D eigenvalue weighted by molar-refractivity contribution is 0.0697. The maximum atomic E-state index is 11.9. The van der Waals surface area contributed by atoms with Crippen LogP contribution in [0.1, 0.15) is 23.7 Å². The predicted molar refractivity (Wildman–Crippen MR) is 73.1 cm³/mol. The van der Waals surface area contributed by atoms with Crippen molar-refractivity contribution >= 4 is 21.7 Å². The molecule has 0 aliphatic heterocycles. The minimum absolute atomic E-state index is 0.0306. The maximum absolute atomic E-state index is 11.9. The average molecular weight is 286 g/mol. The fourth-order valence-corrected chi connectivity index (χ4v) is 2.41. The molecule has 0 saturated heterocycles. The van der Waals surface area contributed by atoms with Gasteiger partial charge < -0.3 is 10.4 Å². The molecule has 1 aromatic rings. The Bertz CT molecular complexity index is 567. The molecule has 0 amide bonds. The first-order valence-corrected chi connectivity index (χ1v) is 7.28. The molecule has 0 aromatic heterocycles. The molecule has 2 N–H and O–H groups in total. The smallest absolute Gasteiger partial charge is 0.337 e. The Labute approximate surface area is 113 Å². The molecule has 1 aromatic carbocycles. The molecule has 0 aliphatic rings. The summed E-state index contributed by atoms with van der Waals surface area (Å²) in [6.07, 6.45) is 0.844. The first kappa shape index (κ1) is 15.5. The summed E-state index contributed by atoms with van der Waals surface area (Å²) in [6, 6.07) is 4.06. The molecular formula is C12H18N2O4S. The van der Waals surface area contributed by atoms with E-state index in [-0.39, 0.29) is 10.5 Å². The van der Waals surface area contributed by atoms with Crippen LogP contribution in [0.5, 0.6) is 0 Å². The van der Waals surface area contributed by atoms with Gasteiger partial charge in [-0.25, -0.2) is 17.5 Å². The van der Waals surface area contributed by atoms with E-state index in [1.54, 1.807) is 0 Å². The zero-order valence-electron chi connectivity index (χ0n) is 11.2. The van der Waals surface area contributed by atoms with Crippen molar-refractivity contribution in [3.8, 4) is 0 Å². The number of benzene rings is 1. The van der Waals surface area contributed by atoms with Crippen molar-refractivity contribution in [1.29, 1.82) is 0 Å². The van der Waals surface area contributed by atoms with E-state index in [1.807, 2.05) is 6.92 Å². The second kappa shape index (κ2) is 6.03. The number of sulfonamides is 1. The van der Waals surface area contributed by atoms with E-state index in [0.29, 0.717) is 12.2 Å². The summed E-state index contributed by atoms with van der Waals surface area (Å²) < 4.78 is 24.9. The highest BCUT2D eigenvalue weighted by molar-refractivity contribution is 7.89. The van der Waals surface area contributed by atoms with Gasteiger partial charge in [-0.1, -0.05) is 6.92 Å². The van der Waals surface area contributed by atoms with Crippen LogP contribution in [0.25, 0.3) is 0 Å². The zero-order valence-corrected chi connectivity index (χ0v) is 12.0. The van der Waals surface area contributed by atoms with Crippen molar-refractivity contribution < 1.29 is 18.3 Å². The van der Waals surface area contributed by atoms with Crippen LogP contribution in [-0.2, 0) is 10.0 Å². The lowest BCUT2D eigenvalue weighted by Gasteiger charge is -2.14. The minimum Gasteiger partial charge on any atom is -0.478 e. The molecule has 19 heavy (non-hydrogen) atoms. The Hall–Kier alpha value is -1.60. The van der Waals surface area contributed by atoms with Gasteiger partial charge >= 0.3 is 5.97 Å². The third kappa shape index (κ3) is 3.45. The largest absolute Gasteiger partial charge is 0.478 e. The maximum Gasteiger partial charge on any atom is 0.337 e. The van der Waals surface area contributed by atoms with Gasteiger partial charge in [0.05, 0.1) is 10.5 Å². The number of anilines is 1. The van der Waals surface area contributed by atoms with Crippen LogP contribution in [0.15, 0.2) is 23.1 Å². The van der Waals surface area contributed by atoms with E-state index in [2.05, 4.69) is 5.32 Å². The normalized spacial score (nSPS) is 11.6. The van der Waals surface area contributed by atoms with Crippen molar-refractivity contribution in [2.45, 2.75) is 18.2 Å². The number of carbonyl (C=O) groups is 1. The summed E-state index contributed by atoms with van der Waals surface area (Å²) in [5.74, 6) is -1.16. The predicted octanol–water partition coefficient (Wildman–Crippen LogP) is 1.46. The Morgan fingerprint density at radius 1 is 1.37 bits per heavy atom. The number of rotatable bonds is 6. The Morgan fingerprint density at radius 2 is 2.00 bits per heavy atom. The molecule has 0 unspecified atom stereocenters. The molecule has 0 fully saturated rings. The number of carboxylic acid groups (broad SMARTS) is 1. The van der Waals surface area contributed by atoms with Crippen molar-refractivity contribution in [3.05, 3.63) is 23.8 Å². The summed E-state index contributed by atoms with van der Waals surface area (Å²) in [7, 11) is -0.824. The monoisotopic (exact) mass is 286 g/mol. The van der Waals surface area contributed by atoms with Gasteiger partial charge in [0, 0.05) is 26.3 Å². The summed E-state index contributed by atoms with van der Waals surface area (Å²) in [5, 5.41) is 12.1. The van der Waals surface area contributed by atoms with E-state index >= 15 is 0 Å². The number of hydrogen-bond acceptors (Lipinski definition) is 4. The first-order valence-electron chi connectivity index (χ1n) is 5.84. The van der Waals surface area contributed by atoms with E-state index < -0.39 is 16.0 Å². The highest BCUT2D eigenvalue weighted by atomic mass is 32.2. The molecule has 106 valence electrons. The van der Waals surface area contributed by atoms with Crippen molar-refractivity contribution in [1.82, 2.24) is 4.31 Å². The standard InChI is InChI=1S/C12H18N2O4S/c1-4-7-13-11-6-5-9(8-10(11)12(15)16)19(17,18)14(2)3/h5-6,8,13H,4,7H2,1-3H3,(H,15,16). The molecule has 6 nitrogen and oxygen atoms in total. The van der Waals surface area contributed by atoms with Crippen LogP contribution < -0.4 is 5.32 Å². The van der Waals surface area contributed by atoms with Gasteiger partial charge in [0.1, 0.15) is 0 Å². The van der Waals surface area contributed by atoms with E-state index in [9.17, 15) is 13.2 Å². The number of aromatic carboxylic acids is 1. The van der Waals surface area contributed by atoms with E-state index in [1.165, 1.54) is 32.3 Å². The quantitative estimate of drug-likeness (QED) is 0.826. The Kier molecular flexibility index (Phi) is 4.90. The van der Waals surface area contributed by atoms with Crippen molar-refractivity contribution in [2.75, 3.05) is 26.0 Å². The molecule has 1 rings (SSSR count). The molecule has 0 radical (unpaired) electrons. The fourth-order valence-electron chi connectivity index (χ4n) is 1.49. The molecule has 0 heterocycles. The first-order chi connectivity index (χ1) is 8.80. The summed E-state index contributed by atoms with van der Waals surface area (Å²) in [4.78, 5) is 11.2. The second-order valence-corrected chi connectivity index (χ2v) is 6.38. The summed E-state index contributed by atoms with van der Waals surface area (Å²) in [5.41, 5.74) is 0.378. The molecule has 7 heteroatoms. The second-order valence-electron chi connectivity index (χ2n) is 4.23. The number of nitrogens with zero attached hydrogens (tertiary/aromatic N) is 1. The van der Waals surface area contributed by atoms with Gasteiger partial charge in [-0.2, -0.15) is 0 Å². The molecule has 0 aliphatic carbocycles. The molecule has 0 spiro atoms. The lowest BCUT2D eigenvalue weighted by atomic mass is 10.2. The van der Waals surface area contributed by atoms with E-state index in [4.69, 9.17) is 5.11 Å². The number of carboxylic acids is 1. The van der Waals surface area contributed by atoms with Crippen LogP contribution in [0, 0.1) is 0 Å². The lowest BCUT2D eigenvalue weighted by Crippen LogP contribution is -2.22. The molecular weight excluding hydrogens is 268 g/mol. The molecule has 0 atom stereocenters. The average Bonchev–Trinajstić information content (AvgIpc) is 2.35. The third-order valence-corrected chi connectivity index (χ3v) is 4.38. The van der Waals surface area contributed by atoms with Crippen molar-refractivity contribution in [2.24, 2.45) is 0 Å². The van der Waals surface area contributed by atoms with Gasteiger partial charge in [-0.15, -0.1) is 0 Å². The summed E-state index contributed by atoms with van der Waals surface area (Å²) in [6.45, 7) is 2.58. The number of nitrogens with one attached hydrogen (secondary N) is 1. The van der Waals surface area contributed by atoms with Crippen LogP contribution in [0.2, 0.25) is 0 Å². The number of hydrogen-bond donors (Lipinski definition) is 2. The SMILES string of the molecule is CCCNc1ccc(S(=O)(=O)N(C)C)cc1C(=O)O. The van der Waals surface area contributed by atoms with Gasteiger partial charge in [0.25, 0.3) is 0 Å². The topological polar surface area (TPSA) is 86.7 Å². The van der Waals surface area contributed by atoms with Crippen LogP contribution in [0.3, 0.4) is 0 Å². The fraction of sp³-hybridized carbons (Fsp3) is 0.417. The van der Waals surface area contributed by atoms with Crippen LogP contribution >= 0.6 is 0 Å². The van der Waals surface area contributed by atoms with Crippen molar-refractivity contribution in [3.63, 3.8) is 0 Å². The molecule has 0 bridgehead atoms. The highest BCUT2D eigenvalue weighted by Gasteiger charge is 2.20. The van der Waals surface area contributed by atoms with Crippen LogP contribution in [0.4, 0.5) is 5.69 Å². The Morgan fingerprint density at radius 3 is 2.47 bits per heavy atom. The third-order valence-electron chi connectivity index (χ3n) is 2.57. The Balaban J connectivity index is 3.28. The van der Waals surface area contributed by atoms with E-state index in [0.717, 1.165) is 10.7 Å². The van der Waals surface area contributed by atoms with Crippen LogP contribution in [-0.4, -0.2) is 44.4 Å². The minimum atomic E-state index is -3.63. The van der Waals surface area contributed by atoms with Gasteiger partial charge in [0.15, 0.2) is 0 Å². The molecule has 0 saturated carbocycles. The van der Waals surface area contributed by atoms with Gasteiger partial charge in [-0.05, 0) is 24.6 Å². The van der Waals surface area contributed by atoms with Gasteiger partial charge in [0.2, 0.25) is 10.0 Å². The zero-order chi connectivity index (χ0) is 14.6. The highest BCUT2D eigenvalue weighted by Crippen LogP contribution is 2.22.